The average molecular weight is 275 g/mol. The third-order valence-electron chi connectivity index (χ3n) is 3.59. The molecule has 5 heteroatoms. The minimum Gasteiger partial charge on any atom is -0.388 e. The predicted octanol–water partition coefficient (Wildman–Crippen LogP) is 0.691. The zero-order valence-corrected chi connectivity index (χ0v) is 10.8. The first-order valence-corrected chi connectivity index (χ1v) is 6.57. The maximum absolute atomic E-state index is 9.94. The number of nitrogens with one attached hydrogen (secondary N) is 1. The van der Waals surface area contributed by atoms with Crippen molar-refractivity contribution in [2.45, 2.75) is 24.5 Å². The molecule has 2 aromatic rings. The molecule has 0 radical (unpaired) electrons. The van der Waals surface area contributed by atoms with Gasteiger partial charge in [0.1, 0.15) is 18.3 Å². The maximum atomic E-state index is 9.94. The first-order valence-electron chi connectivity index (χ1n) is 6.57. The molecule has 0 aliphatic carbocycles. The smallest absolute Gasteiger partial charge is 0.156 e. The summed E-state index contributed by atoms with van der Waals surface area (Å²) >= 11 is 0. The summed E-state index contributed by atoms with van der Waals surface area (Å²) in [6, 6.07) is 13.6. The lowest BCUT2D eigenvalue weighted by Crippen LogP contribution is -2.55. The summed E-state index contributed by atoms with van der Waals surface area (Å²) in [5, 5.41) is 34.2. The highest BCUT2D eigenvalue weighted by atomic mass is 16.5. The third-order valence-corrected chi connectivity index (χ3v) is 3.59. The summed E-state index contributed by atoms with van der Waals surface area (Å²) < 4.78 is 5.35. The van der Waals surface area contributed by atoms with E-state index in [1.54, 1.807) is 0 Å². The van der Waals surface area contributed by atoms with Gasteiger partial charge in [-0.2, -0.15) is 0 Å². The standard InChI is InChI=1S/C15H17NO4/c17-12-8-20-15(14(19)13(12)18)16-11-7-3-5-9-4-1-2-6-10(9)11/h1-7,12-19H,8H2/t12-,13-,14+,15+/m1/s1. The monoisotopic (exact) mass is 275 g/mol. The van der Waals surface area contributed by atoms with Gasteiger partial charge in [-0.05, 0) is 11.5 Å². The lowest BCUT2D eigenvalue weighted by Gasteiger charge is -2.36. The van der Waals surface area contributed by atoms with Gasteiger partial charge < -0.3 is 25.4 Å². The van der Waals surface area contributed by atoms with Crippen LogP contribution in [0.5, 0.6) is 0 Å². The second kappa shape index (κ2) is 5.38. The van der Waals surface area contributed by atoms with E-state index in [9.17, 15) is 15.3 Å². The molecule has 1 saturated heterocycles. The first kappa shape index (κ1) is 13.3. The zero-order chi connectivity index (χ0) is 14.1. The van der Waals surface area contributed by atoms with Crippen LogP contribution in [0.3, 0.4) is 0 Å². The number of ether oxygens (including phenoxy) is 1. The van der Waals surface area contributed by atoms with Crippen molar-refractivity contribution >= 4 is 16.5 Å². The number of hydrogen-bond donors (Lipinski definition) is 4. The Morgan fingerprint density at radius 1 is 0.950 bits per heavy atom. The Kier molecular flexibility index (Phi) is 3.58. The molecule has 0 bridgehead atoms. The minimum atomic E-state index is -1.21. The molecule has 5 nitrogen and oxygen atoms in total. The molecule has 106 valence electrons. The fraction of sp³-hybridized carbons (Fsp3) is 0.333. The second-order valence-electron chi connectivity index (χ2n) is 4.97. The van der Waals surface area contributed by atoms with Crippen molar-refractivity contribution in [3.63, 3.8) is 0 Å². The van der Waals surface area contributed by atoms with Crippen molar-refractivity contribution in [2.75, 3.05) is 11.9 Å². The fourth-order valence-electron chi connectivity index (χ4n) is 2.44. The molecule has 0 saturated carbocycles. The fourth-order valence-corrected chi connectivity index (χ4v) is 2.44. The van der Waals surface area contributed by atoms with Gasteiger partial charge in [0.2, 0.25) is 0 Å². The molecule has 3 rings (SSSR count). The molecule has 1 aliphatic rings. The molecule has 1 fully saturated rings. The summed E-state index contributed by atoms with van der Waals surface area (Å²) in [5.74, 6) is 0. The van der Waals surface area contributed by atoms with E-state index in [1.165, 1.54) is 0 Å². The van der Waals surface area contributed by atoms with Crippen LogP contribution in [0.15, 0.2) is 42.5 Å². The van der Waals surface area contributed by atoms with E-state index >= 15 is 0 Å². The lowest BCUT2D eigenvalue weighted by molar-refractivity contribution is -0.178. The molecule has 2 aromatic carbocycles. The van der Waals surface area contributed by atoms with Gasteiger partial charge >= 0.3 is 0 Å². The SMILES string of the molecule is O[C@H]1[C@H](O)[C@@H](Nc2cccc3ccccc23)OC[C@H]1O. The molecule has 0 unspecified atom stereocenters. The molecule has 0 amide bonds. The number of aliphatic hydroxyl groups excluding tert-OH is 3. The minimum absolute atomic E-state index is 0.0132. The predicted molar refractivity (Wildman–Crippen MR) is 75.3 cm³/mol. The van der Waals surface area contributed by atoms with Crippen LogP contribution in [-0.2, 0) is 4.74 Å². The summed E-state index contributed by atoms with van der Waals surface area (Å²) in [6.07, 6.45) is -4.20. The number of aliphatic hydroxyl groups is 3. The molecular weight excluding hydrogens is 258 g/mol. The number of fused-ring (bicyclic) bond motifs is 1. The number of hydrogen-bond acceptors (Lipinski definition) is 5. The Balaban J connectivity index is 1.86. The van der Waals surface area contributed by atoms with Crippen molar-refractivity contribution in [3.8, 4) is 0 Å². The molecule has 1 aliphatic heterocycles. The van der Waals surface area contributed by atoms with Crippen molar-refractivity contribution in [2.24, 2.45) is 0 Å². The van der Waals surface area contributed by atoms with Crippen LogP contribution >= 0.6 is 0 Å². The van der Waals surface area contributed by atoms with Crippen LogP contribution in [0.25, 0.3) is 10.8 Å². The molecule has 0 aromatic heterocycles. The molecular formula is C15H17NO4. The second-order valence-corrected chi connectivity index (χ2v) is 4.97. The van der Waals surface area contributed by atoms with Gasteiger partial charge in [-0.25, -0.2) is 0 Å². The van der Waals surface area contributed by atoms with E-state index in [0.717, 1.165) is 16.5 Å². The first-order chi connectivity index (χ1) is 9.66. The third kappa shape index (κ3) is 2.36. The molecule has 0 spiro atoms. The van der Waals surface area contributed by atoms with Crippen LogP contribution in [0, 0.1) is 0 Å². The zero-order valence-electron chi connectivity index (χ0n) is 10.8. The lowest BCUT2D eigenvalue weighted by atomic mass is 10.0. The van der Waals surface area contributed by atoms with E-state index in [2.05, 4.69) is 5.32 Å². The summed E-state index contributed by atoms with van der Waals surface area (Å²) in [4.78, 5) is 0. The van der Waals surface area contributed by atoms with Crippen molar-refractivity contribution in [1.82, 2.24) is 0 Å². The highest BCUT2D eigenvalue weighted by Gasteiger charge is 2.37. The van der Waals surface area contributed by atoms with Crippen LogP contribution in [0.4, 0.5) is 5.69 Å². The van der Waals surface area contributed by atoms with Gasteiger partial charge in [-0.3, -0.25) is 0 Å². The Labute approximate surface area is 116 Å². The largest absolute Gasteiger partial charge is 0.388 e. The summed E-state index contributed by atoms with van der Waals surface area (Å²) in [6.45, 7) is -0.0132. The van der Waals surface area contributed by atoms with Crippen molar-refractivity contribution < 1.29 is 20.1 Å². The van der Waals surface area contributed by atoms with E-state index < -0.39 is 24.5 Å². The normalized spacial score (nSPS) is 30.4. The van der Waals surface area contributed by atoms with E-state index in [0.29, 0.717) is 0 Å². The average Bonchev–Trinajstić information content (AvgIpc) is 2.48. The quantitative estimate of drug-likeness (QED) is 0.648. The molecule has 20 heavy (non-hydrogen) atoms. The Morgan fingerprint density at radius 3 is 2.55 bits per heavy atom. The topological polar surface area (TPSA) is 82.0 Å². The Bertz CT molecular complexity index is 598. The van der Waals surface area contributed by atoms with Crippen molar-refractivity contribution in [1.29, 1.82) is 0 Å². The highest BCUT2D eigenvalue weighted by Crippen LogP contribution is 2.25. The van der Waals surface area contributed by atoms with E-state index in [-0.39, 0.29) is 6.61 Å². The number of anilines is 1. The Hall–Kier alpha value is -1.66. The van der Waals surface area contributed by atoms with Gasteiger partial charge in [0.25, 0.3) is 0 Å². The van der Waals surface area contributed by atoms with Gasteiger partial charge in [0.15, 0.2) is 6.23 Å². The van der Waals surface area contributed by atoms with Gasteiger partial charge in [-0.15, -0.1) is 0 Å². The van der Waals surface area contributed by atoms with Crippen molar-refractivity contribution in [3.05, 3.63) is 42.5 Å². The molecule has 4 atom stereocenters. The van der Waals surface area contributed by atoms with Gasteiger partial charge in [0.05, 0.1) is 6.61 Å². The van der Waals surface area contributed by atoms with E-state index in [4.69, 9.17) is 4.74 Å². The molecule has 4 N–H and O–H groups in total. The van der Waals surface area contributed by atoms with Crippen LogP contribution < -0.4 is 5.32 Å². The summed E-state index contributed by atoms with van der Waals surface area (Å²) in [5.41, 5.74) is 0.815. The van der Waals surface area contributed by atoms with Crippen LogP contribution in [0.2, 0.25) is 0 Å². The molecule has 1 heterocycles. The van der Waals surface area contributed by atoms with Crippen LogP contribution in [0.1, 0.15) is 0 Å². The Morgan fingerprint density at radius 2 is 1.70 bits per heavy atom. The number of benzene rings is 2. The highest BCUT2D eigenvalue weighted by molar-refractivity contribution is 5.93. The van der Waals surface area contributed by atoms with Gasteiger partial charge in [0, 0.05) is 11.1 Å². The maximum Gasteiger partial charge on any atom is 0.156 e. The van der Waals surface area contributed by atoms with Crippen LogP contribution in [-0.4, -0.2) is 46.5 Å². The van der Waals surface area contributed by atoms with E-state index in [1.807, 2.05) is 42.5 Å². The van der Waals surface area contributed by atoms with Gasteiger partial charge in [-0.1, -0.05) is 36.4 Å². The summed E-state index contributed by atoms with van der Waals surface area (Å²) in [7, 11) is 0. The number of rotatable bonds is 2.